The summed E-state index contributed by atoms with van der Waals surface area (Å²) in [6.45, 7) is 0. The molecular formula is C31H26ClN6O2PS. The number of hydrogen-bond acceptors (Lipinski definition) is 7. The van der Waals surface area contributed by atoms with Gasteiger partial charge in [-0.3, -0.25) is 9.20 Å². The highest BCUT2D eigenvalue weighted by molar-refractivity contribution is 7.27. The summed E-state index contributed by atoms with van der Waals surface area (Å²) in [4.78, 5) is 23.9. The van der Waals surface area contributed by atoms with Gasteiger partial charge in [-0.05, 0) is 67.0 Å². The van der Waals surface area contributed by atoms with Crippen LogP contribution in [0.25, 0.3) is 38.2 Å². The van der Waals surface area contributed by atoms with E-state index >= 15 is 0 Å². The van der Waals surface area contributed by atoms with E-state index in [1.165, 1.54) is 17.7 Å². The second-order valence-electron chi connectivity index (χ2n) is 11.0. The molecular weight excluding hydrogens is 587 g/mol. The summed E-state index contributed by atoms with van der Waals surface area (Å²) in [6.07, 6.45) is 6.00. The van der Waals surface area contributed by atoms with Crippen LogP contribution in [0.2, 0.25) is 5.15 Å². The van der Waals surface area contributed by atoms with E-state index in [1.54, 1.807) is 9.78 Å². The van der Waals surface area contributed by atoms with Crippen LogP contribution in [0.4, 0.5) is 5.82 Å². The average Bonchev–Trinajstić information content (AvgIpc) is 3.92. The number of hydrogen-bond donors (Lipinski definition) is 1. The number of nitrogens with zero attached hydrogens (tertiary/aromatic N) is 5. The molecule has 0 bridgehead atoms. The van der Waals surface area contributed by atoms with Gasteiger partial charge in [0, 0.05) is 16.2 Å². The normalized spacial score (nSPS) is 15.9. The third-order valence-corrected chi connectivity index (χ3v) is 9.77. The minimum atomic E-state index is -0.239. The lowest BCUT2D eigenvalue weighted by Crippen LogP contribution is -2.23. The molecule has 2 saturated carbocycles. The number of benzene rings is 2. The van der Waals surface area contributed by atoms with Crippen molar-refractivity contribution in [2.24, 2.45) is 5.92 Å². The molecule has 2 N–H and O–H groups in total. The zero-order valence-electron chi connectivity index (χ0n) is 22.4. The third-order valence-electron chi connectivity index (χ3n) is 8.03. The summed E-state index contributed by atoms with van der Waals surface area (Å²) >= 11 is 7.95. The molecule has 8 rings (SSSR count). The molecule has 42 heavy (non-hydrogen) atoms. The van der Waals surface area contributed by atoms with Gasteiger partial charge in [-0.1, -0.05) is 41.9 Å². The Hall–Kier alpha value is -3.78. The molecule has 2 aromatic carbocycles. The summed E-state index contributed by atoms with van der Waals surface area (Å²) in [7, 11) is 2.78. The largest absolute Gasteiger partial charge is 0.490 e. The van der Waals surface area contributed by atoms with Crippen molar-refractivity contribution in [3.05, 3.63) is 87.4 Å². The monoisotopic (exact) mass is 612 g/mol. The number of halogens is 1. The van der Waals surface area contributed by atoms with Crippen LogP contribution in [0.1, 0.15) is 37.3 Å². The molecule has 0 saturated heterocycles. The predicted molar refractivity (Wildman–Crippen MR) is 171 cm³/mol. The molecule has 2 aliphatic rings. The number of nitrogens with two attached hydrogens (primary N) is 1. The molecule has 0 aliphatic heterocycles. The van der Waals surface area contributed by atoms with Gasteiger partial charge in [0.15, 0.2) is 5.65 Å². The van der Waals surface area contributed by atoms with E-state index in [0.29, 0.717) is 39.4 Å². The summed E-state index contributed by atoms with van der Waals surface area (Å²) in [5, 5.41) is 9.06. The SMILES string of the molecule is Nc1ncnc2c1c(-c1ccc(OC3CC3)c(P)c1)nn2[C@H](c1cc2scc(Cl)n2c(=O)c1-c1ccccc1)C1CC1. The van der Waals surface area contributed by atoms with Gasteiger partial charge in [-0.25, -0.2) is 14.6 Å². The summed E-state index contributed by atoms with van der Waals surface area (Å²) < 4.78 is 9.61. The van der Waals surface area contributed by atoms with Crippen molar-refractivity contribution in [2.75, 3.05) is 5.73 Å². The minimum Gasteiger partial charge on any atom is -0.490 e. The Morgan fingerprint density at radius 2 is 1.86 bits per heavy atom. The number of pyridine rings is 1. The number of nitrogen functional groups attached to an aromatic ring is 1. The van der Waals surface area contributed by atoms with Crippen LogP contribution in [0.5, 0.6) is 5.75 Å². The zero-order chi connectivity index (χ0) is 28.5. The highest BCUT2D eigenvalue weighted by Crippen LogP contribution is 2.48. The van der Waals surface area contributed by atoms with Gasteiger partial charge < -0.3 is 10.5 Å². The lowest BCUT2D eigenvalue weighted by atomic mass is 9.94. The first-order valence-corrected chi connectivity index (χ1v) is 15.7. The van der Waals surface area contributed by atoms with Crippen molar-refractivity contribution >= 4 is 59.2 Å². The Bertz CT molecular complexity index is 2070. The van der Waals surface area contributed by atoms with Crippen molar-refractivity contribution in [3.8, 4) is 28.1 Å². The first-order valence-electron chi connectivity index (χ1n) is 13.9. The van der Waals surface area contributed by atoms with E-state index in [2.05, 4.69) is 26.4 Å². The molecule has 4 heterocycles. The number of rotatable bonds is 7. The van der Waals surface area contributed by atoms with Crippen LogP contribution >= 0.6 is 32.2 Å². The fourth-order valence-corrected chi connectivity index (χ4v) is 7.24. The molecule has 2 fully saturated rings. The molecule has 0 amide bonds. The molecule has 0 spiro atoms. The summed E-state index contributed by atoms with van der Waals surface area (Å²) in [6, 6.07) is 17.7. The number of ether oxygens (including phenoxy) is 1. The van der Waals surface area contributed by atoms with Gasteiger partial charge >= 0.3 is 0 Å². The summed E-state index contributed by atoms with van der Waals surface area (Å²) in [5.74, 6) is 1.50. The minimum absolute atomic E-state index is 0.143. The second-order valence-corrected chi connectivity index (χ2v) is 12.9. The number of aromatic nitrogens is 5. The molecule has 11 heteroatoms. The molecule has 2 aliphatic carbocycles. The van der Waals surface area contributed by atoms with Crippen molar-refractivity contribution in [3.63, 3.8) is 0 Å². The number of anilines is 1. The van der Waals surface area contributed by atoms with Gasteiger partial charge in [0.2, 0.25) is 0 Å². The fraction of sp³-hybridized carbons (Fsp3) is 0.226. The smallest absolute Gasteiger partial charge is 0.265 e. The summed E-state index contributed by atoms with van der Waals surface area (Å²) in [5.41, 5.74) is 11.0. The van der Waals surface area contributed by atoms with E-state index < -0.39 is 0 Å². The zero-order valence-corrected chi connectivity index (χ0v) is 25.1. The molecule has 8 nitrogen and oxygen atoms in total. The maximum Gasteiger partial charge on any atom is 0.265 e. The third kappa shape index (κ3) is 4.30. The molecule has 210 valence electrons. The van der Waals surface area contributed by atoms with E-state index in [9.17, 15) is 4.79 Å². The quantitative estimate of drug-likeness (QED) is 0.218. The van der Waals surface area contributed by atoms with Gasteiger partial charge in [0.05, 0.1) is 23.1 Å². The Morgan fingerprint density at radius 1 is 1.05 bits per heavy atom. The standard InChI is InChI=1S/C31H26ClN6O2PS/c32-23-14-42-24-13-20(25(31(39)37(23)24)16-4-2-1-3-5-16)28(17-6-7-17)38-30-26(29(33)34-15-35-30)27(36-38)18-8-11-21(22(41)12-18)40-19-9-10-19/h1-5,8,11-15,17,19,28H,6-7,9-10,41H2,(H2,33,34,35)/t28-/m0/s1. The van der Waals surface area contributed by atoms with E-state index in [4.69, 9.17) is 32.2 Å². The Balaban J connectivity index is 1.37. The highest BCUT2D eigenvalue weighted by atomic mass is 35.5. The lowest BCUT2D eigenvalue weighted by Gasteiger charge is -2.22. The Labute approximate surface area is 252 Å². The Kier molecular flexibility index (Phi) is 6.10. The molecule has 6 aromatic rings. The van der Waals surface area contributed by atoms with E-state index in [1.807, 2.05) is 47.1 Å². The first kappa shape index (κ1) is 25.9. The predicted octanol–water partition coefficient (Wildman–Crippen LogP) is 6.11. The van der Waals surface area contributed by atoms with Crippen molar-refractivity contribution in [1.82, 2.24) is 24.1 Å². The van der Waals surface area contributed by atoms with Crippen molar-refractivity contribution < 1.29 is 4.74 Å². The maximum absolute atomic E-state index is 14.1. The number of thiazole rings is 1. The van der Waals surface area contributed by atoms with Gasteiger partial charge in [-0.2, -0.15) is 5.10 Å². The van der Waals surface area contributed by atoms with Crippen LogP contribution in [0.15, 0.2) is 71.1 Å². The average molecular weight is 613 g/mol. The van der Waals surface area contributed by atoms with Crippen LogP contribution in [-0.2, 0) is 0 Å². The van der Waals surface area contributed by atoms with Crippen molar-refractivity contribution in [2.45, 2.75) is 37.8 Å². The molecule has 0 radical (unpaired) electrons. The fourth-order valence-electron chi connectivity index (χ4n) is 5.74. The first-order chi connectivity index (χ1) is 20.5. The molecule has 4 aromatic heterocycles. The Morgan fingerprint density at radius 3 is 2.60 bits per heavy atom. The lowest BCUT2D eigenvalue weighted by molar-refractivity contribution is 0.306. The van der Waals surface area contributed by atoms with E-state index in [-0.39, 0.29) is 17.5 Å². The van der Waals surface area contributed by atoms with Crippen LogP contribution < -0.4 is 21.3 Å². The van der Waals surface area contributed by atoms with Gasteiger partial charge in [0.25, 0.3) is 5.56 Å². The van der Waals surface area contributed by atoms with Crippen LogP contribution in [0.3, 0.4) is 0 Å². The molecule has 1 unspecified atom stereocenters. The van der Waals surface area contributed by atoms with Gasteiger partial charge in [-0.15, -0.1) is 20.6 Å². The molecule has 2 atom stereocenters. The number of fused-ring (bicyclic) bond motifs is 2. The van der Waals surface area contributed by atoms with Crippen LogP contribution in [0, 0.1) is 5.92 Å². The van der Waals surface area contributed by atoms with Gasteiger partial charge in [0.1, 0.15) is 33.6 Å². The van der Waals surface area contributed by atoms with Crippen molar-refractivity contribution in [1.29, 1.82) is 0 Å². The second kappa shape index (κ2) is 9.90. The maximum atomic E-state index is 14.1. The van der Waals surface area contributed by atoms with E-state index in [0.717, 1.165) is 58.3 Å². The highest BCUT2D eigenvalue weighted by Gasteiger charge is 2.39. The topological polar surface area (TPSA) is 100 Å². The van der Waals surface area contributed by atoms with Crippen LogP contribution in [-0.4, -0.2) is 30.3 Å².